The third-order valence-electron chi connectivity index (χ3n) is 3.27. The molecule has 0 saturated carbocycles. The van der Waals surface area contributed by atoms with Gasteiger partial charge in [0.25, 0.3) is 0 Å². The van der Waals surface area contributed by atoms with Gasteiger partial charge in [0.1, 0.15) is 11.5 Å². The minimum absolute atomic E-state index is 0.981. The van der Waals surface area contributed by atoms with Gasteiger partial charge in [0, 0.05) is 0 Å². The third-order valence-corrected chi connectivity index (χ3v) is 4.35. The van der Waals surface area contributed by atoms with Gasteiger partial charge in [0.2, 0.25) is 0 Å². The van der Waals surface area contributed by atoms with Crippen LogP contribution in [0.25, 0.3) is 0 Å². The highest BCUT2D eigenvalue weighted by Crippen LogP contribution is 2.47. The molecule has 0 bridgehead atoms. The molecule has 1 aliphatic heterocycles. The molecular formula is C16H16OS. The maximum atomic E-state index is 5.96. The second-order valence-electron chi connectivity index (χ2n) is 4.47. The lowest BCUT2D eigenvalue weighted by Gasteiger charge is -2.20. The Kier molecular flexibility index (Phi) is 3.04. The summed E-state index contributed by atoms with van der Waals surface area (Å²) in [6.45, 7) is 4.36. The summed E-state index contributed by atoms with van der Waals surface area (Å²) in [5.74, 6) is 1.96. The molecule has 0 N–H and O–H groups in total. The third kappa shape index (κ3) is 2.01. The molecule has 0 radical (unpaired) electrons. The lowest BCUT2D eigenvalue weighted by molar-refractivity contribution is 0.454. The summed E-state index contributed by atoms with van der Waals surface area (Å²) in [6, 6.07) is 12.9. The van der Waals surface area contributed by atoms with Gasteiger partial charge in [-0.1, -0.05) is 37.7 Å². The average molecular weight is 256 g/mol. The molecule has 1 heterocycles. The van der Waals surface area contributed by atoms with Crippen LogP contribution in [0.1, 0.15) is 25.0 Å². The van der Waals surface area contributed by atoms with Crippen molar-refractivity contribution in [3.8, 4) is 11.5 Å². The topological polar surface area (TPSA) is 9.23 Å². The van der Waals surface area contributed by atoms with Gasteiger partial charge < -0.3 is 4.74 Å². The van der Waals surface area contributed by atoms with Crippen molar-refractivity contribution in [1.82, 2.24) is 0 Å². The first-order chi connectivity index (χ1) is 8.80. The molecule has 92 valence electrons. The SMILES string of the molecule is CCc1ccc2c(c1)Sc1cc(CC)ccc1O2. The van der Waals surface area contributed by atoms with E-state index >= 15 is 0 Å². The van der Waals surface area contributed by atoms with Crippen molar-refractivity contribution in [2.45, 2.75) is 36.5 Å². The fourth-order valence-electron chi connectivity index (χ4n) is 2.11. The highest BCUT2D eigenvalue weighted by Gasteiger charge is 2.18. The summed E-state index contributed by atoms with van der Waals surface area (Å²) >= 11 is 1.82. The zero-order valence-corrected chi connectivity index (χ0v) is 11.5. The van der Waals surface area contributed by atoms with Crippen LogP contribution in [-0.4, -0.2) is 0 Å². The van der Waals surface area contributed by atoms with Crippen molar-refractivity contribution in [3.05, 3.63) is 47.5 Å². The van der Waals surface area contributed by atoms with E-state index in [-0.39, 0.29) is 0 Å². The standard InChI is InChI=1S/C16H16OS/c1-3-11-5-7-13-15(9-11)18-16-10-12(4-2)6-8-14(16)17-13/h5-10H,3-4H2,1-2H3. The van der Waals surface area contributed by atoms with Gasteiger partial charge in [-0.15, -0.1) is 0 Å². The molecule has 1 aliphatic rings. The predicted octanol–water partition coefficient (Wildman–Crippen LogP) is 5.07. The van der Waals surface area contributed by atoms with Crippen LogP contribution in [0.15, 0.2) is 46.2 Å². The number of ether oxygens (including phenoxy) is 1. The zero-order chi connectivity index (χ0) is 12.5. The van der Waals surface area contributed by atoms with Crippen molar-refractivity contribution >= 4 is 11.8 Å². The summed E-state index contributed by atoms with van der Waals surface area (Å²) in [4.78, 5) is 2.46. The summed E-state index contributed by atoms with van der Waals surface area (Å²) in [7, 11) is 0. The van der Waals surface area contributed by atoms with Crippen LogP contribution in [0.3, 0.4) is 0 Å². The molecule has 0 aromatic heterocycles. The Morgan fingerprint density at radius 2 is 1.33 bits per heavy atom. The maximum Gasteiger partial charge on any atom is 0.141 e. The molecule has 0 spiro atoms. The van der Waals surface area contributed by atoms with Crippen molar-refractivity contribution in [2.75, 3.05) is 0 Å². The van der Waals surface area contributed by atoms with E-state index in [9.17, 15) is 0 Å². The van der Waals surface area contributed by atoms with E-state index < -0.39 is 0 Å². The molecule has 0 amide bonds. The minimum atomic E-state index is 0.981. The molecule has 0 aliphatic carbocycles. The van der Waals surface area contributed by atoms with Crippen LogP contribution in [-0.2, 0) is 12.8 Å². The lowest BCUT2D eigenvalue weighted by atomic mass is 10.1. The number of rotatable bonds is 2. The summed E-state index contributed by atoms with van der Waals surface area (Å²) in [5.41, 5.74) is 2.72. The molecule has 1 nitrogen and oxygen atoms in total. The Bertz CT molecular complexity index is 538. The molecule has 2 heteroatoms. The summed E-state index contributed by atoms with van der Waals surface area (Å²) in [5, 5.41) is 0. The first kappa shape index (κ1) is 11.7. The highest BCUT2D eigenvalue weighted by atomic mass is 32.2. The number of hydrogen-bond acceptors (Lipinski definition) is 2. The number of aryl methyl sites for hydroxylation is 2. The van der Waals surface area contributed by atoms with Gasteiger partial charge in [-0.2, -0.15) is 0 Å². The lowest BCUT2D eigenvalue weighted by Crippen LogP contribution is -1.96. The first-order valence-corrected chi connectivity index (χ1v) is 7.23. The van der Waals surface area contributed by atoms with Crippen LogP contribution >= 0.6 is 11.8 Å². The smallest absolute Gasteiger partial charge is 0.141 e. The van der Waals surface area contributed by atoms with E-state index in [1.165, 1.54) is 20.9 Å². The molecule has 0 saturated heterocycles. The Labute approximate surface area is 112 Å². The predicted molar refractivity (Wildman–Crippen MR) is 75.8 cm³/mol. The van der Waals surface area contributed by atoms with E-state index in [0.717, 1.165) is 24.3 Å². The average Bonchev–Trinajstić information content (AvgIpc) is 2.43. The van der Waals surface area contributed by atoms with E-state index in [0.29, 0.717) is 0 Å². The fraction of sp³-hybridized carbons (Fsp3) is 0.250. The Morgan fingerprint density at radius 3 is 1.78 bits per heavy atom. The van der Waals surface area contributed by atoms with E-state index in [2.05, 4.69) is 50.2 Å². The molecular weight excluding hydrogens is 240 g/mol. The van der Waals surface area contributed by atoms with E-state index in [1.807, 2.05) is 11.8 Å². The van der Waals surface area contributed by atoms with Gasteiger partial charge in [-0.3, -0.25) is 0 Å². The largest absolute Gasteiger partial charge is 0.455 e. The molecule has 18 heavy (non-hydrogen) atoms. The van der Waals surface area contributed by atoms with Crippen LogP contribution in [0.2, 0.25) is 0 Å². The molecule has 0 fully saturated rings. The minimum Gasteiger partial charge on any atom is -0.455 e. The fourth-order valence-corrected chi connectivity index (χ4v) is 3.19. The Morgan fingerprint density at radius 1 is 0.833 bits per heavy atom. The normalized spacial score (nSPS) is 12.6. The maximum absolute atomic E-state index is 5.96. The first-order valence-electron chi connectivity index (χ1n) is 6.41. The highest BCUT2D eigenvalue weighted by molar-refractivity contribution is 7.99. The zero-order valence-electron chi connectivity index (χ0n) is 10.7. The van der Waals surface area contributed by atoms with Gasteiger partial charge in [-0.25, -0.2) is 0 Å². The number of fused-ring (bicyclic) bond motifs is 2. The van der Waals surface area contributed by atoms with Crippen molar-refractivity contribution in [3.63, 3.8) is 0 Å². The van der Waals surface area contributed by atoms with Crippen LogP contribution < -0.4 is 4.74 Å². The summed E-state index contributed by atoms with van der Waals surface area (Å²) < 4.78 is 5.96. The van der Waals surface area contributed by atoms with Crippen LogP contribution in [0, 0.1) is 0 Å². The monoisotopic (exact) mass is 256 g/mol. The van der Waals surface area contributed by atoms with Gasteiger partial charge in [-0.05, 0) is 48.2 Å². The van der Waals surface area contributed by atoms with E-state index in [4.69, 9.17) is 4.74 Å². The molecule has 2 aromatic rings. The van der Waals surface area contributed by atoms with Crippen molar-refractivity contribution < 1.29 is 4.74 Å². The quantitative estimate of drug-likeness (QED) is 0.633. The number of benzene rings is 2. The van der Waals surface area contributed by atoms with Crippen molar-refractivity contribution in [1.29, 1.82) is 0 Å². The van der Waals surface area contributed by atoms with Gasteiger partial charge in [0.15, 0.2) is 0 Å². The molecule has 3 rings (SSSR count). The Hall–Kier alpha value is -1.41. The van der Waals surface area contributed by atoms with Crippen LogP contribution in [0.4, 0.5) is 0 Å². The second kappa shape index (κ2) is 4.69. The number of hydrogen-bond donors (Lipinski definition) is 0. The van der Waals surface area contributed by atoms with Crippen molar-refractivity contribution in [2.24, 2.45) is 0 Å². The molecule has 2 aromatic carbocycles. The Balaban J connectivity index is 2.01. The van der Waals surface area contributed by atoms with E-state index in [1.54, 1.807) is 0 Å². The molecule has 0 atom stereocenters. The second-order valence-corrected chi connectivity index (χ2v) is 5.56. The molecule has 0 unspecified atom stereocenters. The van der Waals surface area contributed by atoms with Crippen LogP contribution in [0.5, 0.6) is 11.5 Å². The van der Waals surface area contributed by atoms with Gasteiger partial charge >= 0.3 is 0 Å². The summed E-state index contributed by atoms with van der Waals surface area (Å²) in [6.07, 6.45) is 2.13. The van der Waals surface area contributed by atoms with Gasteiger partial charge in [0.05, 0.1) is 9.79 Å².